The number of aryl methyl sites for hydroxylation is 1. The van der Waals surface area contributed by atoms with Crippen molar-refractivity contribution >= 4 is 5.69 Å². The molecule has 1 aliphatic rings. The number of hydrogen-bond acceptors (Lipinski definition) is 1. The van der Waals surface area contributed by atoms with Gasteiger partial charge in [-0.1, -0.05) is 19.8 Å². The Balaban J connectivity index is 2.02. The second kappa shape index (κ2) is 4.86. The van der Waals surface area contributed by atoms with Crippen LogP contribution in [0.1, 0.15) is 38.2 Å². The van der Waals surface area contributed by atoms with Crippen LogP contribution < -0.4 is 5.32 Å². The van der Waals surface area contributed by atoms with Gasteiger partial charge in [-0.2, -0.15) is 0 Å². The third-order valence-corrected chi connectivity index (χ3v) is 3.35. The normalized spacial score (nSPS) is 25.4. The Bertz CT molecular complexity index is 342. The van der Waals surface area contributed by atoms with Gasteiger partial charge >= 0.3 is 0 Å². The smallest absolute Gasteiger partial charge is 0.125 e. The maximum Gasteiger partial charge on any atom is 0.125 e. The summed E-state index contributed by atoms with van der Waals surface area (Å²) >= 11 is 0. The van der Waals surface area contributed by atoms with Crippen molar-refractivity contribution < 1.29 is 4.39 Å². The van der Waals surface area contributed by atoms with Crippen LogP contribution in [0.4, 0.5) is 10.1 Å². The van der Waals surface area contributed by atoms with Crippen molar-refractivity contribution in [3.05, 3.63) is 29.6 Å². The monoisotopic (exact) mass is 221 g/mol. The average molecular weight is 221 g/mol. The van der Waals surface area contributed by atoms with Gasteiger partial charge in [0.1, 0.15) is 5.82 Å². The zero-order chi connectivity index (χ0) is 11.5. The van der Waals surface area contributed by atoms with Gasteiger partial charge in [-0.3, -0.25) is 0 Å². The lowest BCUT2D eigenvalue weighted by Crippen LogP contribution is -2.26. The molecule has 0 heterocycles. The van der Waals surface area contributed by atoms with Crippen molar-refractivity contribution in [2.75, 3.05) is 5.32 Å². The summed E-state index contributed by atoms with van der Waals surface area (Å²) in [6.45, 7) is 4.22. The van der Waals surface area contributed by atoms with Crippen LogP contribution in [0.15, 0.2) is 18.2 Å². The Morgan fingerprint density at radius 3 is 2.75 bits per heavy atom. The molecule has 1 saturated carbocycles. The van der Waals surface area contributed by atoms with E-state index in [0.717, 1.165) is 17.2 Å². The van der Waals surface area contributed by atoms with Crippen molar-refractivity contribution in [2.45, 2.75) is 45.6 Å². The van der Waals surface area contributed by atoms with Crippen LogP contribution in [0.3, 0.4) is 0 Å². The molecule has 1 aromatic rings. The Labute approximate surface area is 97.1 Å². The lowest BCUT2D eigenvalue weighted by atomic mass is 9.87. The Kier molecular flexibility index (Phi) is 3.47. The van der Waals surface area contributed by atoms with E-state index in [1.807, 2.05) is 13.0 Å². The summed E-state index contributed by atoms with van der Waals surface area (Å²) in [6.07, 6.45) is 5.03. The highest BCUT2D eigenvalue weighted by molar-refractivity contribution is 5.46. The number of rotatable bonds is 2. The van der Waals surface area contributed by atoms with Gasteiger partial charge in [0.05, 0.1) is 0 Å². The van der Waals surface area contributed by atoms with E-state index in [4.69, 9.17) is 0 Å². The first-order chi connectivity index (χ1) is 7.63. The van der Waals surface area contributed by atoms with Crippen molar-refractivity contribution in [2.24, 2.45) is 5.92 Å². The first-order valence-corrected chi connectivity index (χ1v) is 6.17. The zero-order valence-electron chi connectivity index (χ0n) is 10.1. The van der Waals surface area contributed by atoms with Gasteiger partial charge < -0.3 is 5.32 Å². The highest BCUT2D eigenvalue weighted by atomic mass is 19.1. The van der Waals surface area contributed by atoms with Crippen molar-refractivity contribution in [3.63, 3.8) is 0 Å². The molecule has 0 aliphatic heterocycles. The fourth-order valence-electron chi connectivity index (χ4n) is 2.62. The molecule has 16 heavy (non-hydrogen) atoms. The topological polar surface area (TPSA) is 12.0 Å². The molecule has 2 atom stereocenters. The fourth-order valence-corrected chi connectivity index (χ4v) is 2.62. The molecule has 1 aliphatic carbocycles. The number of anilines is 1. The Morgan fingerprint density at radius 1 is 1.25 bits per heavy atom. The quantitative estimate of drug-likeness (QED) is 0.792. The van der Waals surface area contributed by atoms with E-state index in [1.54, 1.807) is 12.1 Å². The van der Waals surface area contributed by atoms with Gasteiger partial charge in [0.15, 0.2) is 0 Å². The maximum absolute atomic E-state index is 13.2. The molecule has 0 amide bonds. The predicted molar refractivity (Wildman–Crippen MR) is 66.2 cm³/mol. The molecule has 0 saturated heterocycles. The van der Waals surface area contributed by atoms with E-state index in [1.165, 1.54) is 25.7 Å². The van der Waals surface area contributed by atoms with Gasteiger partial charge in [-0.15, -0.1) is 0 Å². The van der Waals surface area contributed by atoms with Crippen molar-refractivity contribution in [1.82, 2.24) is 0 Å². The minimum Gasteiger partial charge on any atom is -0.382 e. The molecular formula is C14H20FN. The lowest BCUT2D eigenvalue weighted by Gasteiger charge is -2.28. The molecule has 2 heteroatoms. The predicted octanol–water partition coefficient (Wildman–Crippen LogP) is 4.12. The second-order valence-electron chi connectivity index (χ2n) is 5.13. The van der Waals surface area contributed by atoms with E-state index < -0.39 is 0 Å². The van der Waals surface area contributed by atoms with Crippen LogP contribution >= 0.6 is 0 Å². The first kappa shape index (κ1) is 11.4. The summed E-state index contributed by atoms with van der Waals surface area (Å²) in [5.74, 6) is 0.646. The number of hydrogen-bond donors (Lipinski definition) is 1. The van der Waals surface area contributed by atoms with Crippen LogP contribution in [-0.2, 0) is 0 Å². The fraction of sp³-hybridized carbons (Fsp3) is 0.571. The minimum absolute atomic E-state index is 0.147. The number of halogens is 1. The molecule has 1 nitrogen and oxygen atoms in total. The lowest BCUT2D eigenvalue weighted by molar-refractivity contribution is 0.358. The Hall–Kier alpha value is -1.05. The summed E-state index contributed by atoms with van der Waals surface area (Å²) < 4.78 is 13.2. The number of nitrogens with one attached hydrogen (secondary N) is 1. The van der Waals surface area contributed by atoms with Crippen LogP contribution in [0.25, 0.3) is 0 Å². The largest absolute Gasteiger partial charge is 0.382 e. The summed E-state index contributed by atoms with van der Waals surface area (Å²) in [5, 5.41) is 3.45. The van der Waals surface area contributed by atoms with Crippen molar-refractivity contribution in [3.8, 4) is 0 Å². The molecule has 1 fully saturated rings. The van der Waals surface area contributed by atoms with E-state index in [-0.39, 0.29) is 5.82 Å². The highest BCUT2D eigenvalue weighted by Gasteiger charge is 2.18. The molecule has 1 N–H and O–H groups in total. The SMILES string of the molecule is Cc1cc(F)cc(NC2CCCC(C)C2)c1. The van der Waals surface area contributed by atoms with E-state index in [2.05, 4.69) is 12.2 Å². The molecule has 0 spiro atoms. The van der Waals surface area contributed by atoms with E-state index in [9.17, 15) is 4.39 Å². The molecule has 0 aromatic heterocycles. The summed E-state index contributed by atoms with van der Waals surface area (Å²) in [4.78, 5) is 0. The Morgan fingerprint density at radius 2 is 2.06 bits per heavy atom. The minimum atomic E-state index is -0.147. The van der Waals surface area contributed by atoms with Crippen LogP contribution in [-0.4, -0.2) is 6.04 Å². The standard InChI is InChI=1S/C14H20FN/c1-10-4-3-5-13(7-10)16-14-8-11(2)6-12(15)9-14/h6,8-10,13,16H,3-5,7H2,1-2H3. The summed E-state index contributed by atoms with van der Waals surface area (Å²) in [5.41, 5.74) is 1.91. The molecule has 88 valence electrons. The first-order valence-electron chi connectivity index (χ1n) is 6.17. The molecule has 2 unspecified atom stereocenters. The summed E-state index contributed by atoms with van der Waals surface area (Å²) in [7, 11) is 0. The zero-order valence-corrected chi connectivity index (χ0v) is 10.1. The van der Waals surface area contributed by atoms with Gasteiger partial charge in [0.2, 0.25) is 0 Å². The maximum atomic E-state index is 13.2. The second-order valence-corrected chi connectivity index (χ2v) is 5.13. The van der Waals surface area contributed by atoms with Gasteiger partial charge in [-0.05, 0) is 49.4 Å². The average Bonchev–Trinajstić information content (AvgIpc) is 2.15. The van der Waals surface area contributed by atoms with E-state index in [0.29, 0.717) is 6.04 Å². The van der Waals surface area contributed by atoms with Crippen molar-refractivity contribution in [1.29, 1.82) is 0 Å². The van der Waals surface area contributed by atoms with Gasteiger partial charge in [0.25, 0.3) is 0 Å². The highest BCUT2D eigenvalue weighted by Crippen LogP contribution is 2.26. The molecular weight excluding hydrogens is 201 g/mol. The molecule has 2 rings (SSSR count). The van der Waals surface area contributed by atoms with Gasteiger partial charge in [-0.25, -0.2) is 4.39 Å². The molecule has 0 radical (unpaired) electrons. The molecule has 1 aromatic carbocycles. The van der Waals surface area contributed by atoms with Crippen LogP contribution in [0.5, 0.6) is 0 Å². The molecule has 0 bridgehead atoms. The number of benzene rings is 1. The van der Waals surface area contributed by atoms with E-state index >= 15 is 0 Å². The summed E-state index contributed by atoms with van der Waals surface area (Å²) in [6, 6.07) is 5.69. The third-order valence-electron chi connectivity index (χ3n) is 3.35. The van der Waals surface area contributed by atoms with Crippen LogP contribution in [0.2, 0.25) is 0 Å². The van der Waals surface area contributed by atoms with Gasteiger partial charge in [0, 0.05) is 11.7 Å². The third kappa shape index (κ3) is 2.97. The van der Waals surface area contributed by atoms with Crippen LogP contribution in [0, 0.1) is 18.7 Å².